The van der Waals surface area contributed by atoms with E-state index >= 15 is 0 Å². The van der Waals surface area contributed by atoms with Gasteiger partial charge >= 0.3 is 0 Å². The summed E-state index contributed by atoms with van der Waals surface area (Å²) in [6.07, 6.45) is 3.17. The number of aliphatic hydroxyl groups is 1. The molecule has 1 nitrogen and oxygen atoms in total. The van der Waals surface area contributed by atoms with E-state index in [1.165, 1.54) is 0 Å². The van der Waals surface area contributed by atoms with Gasteiger partial charge in [0.05, 0.1) is 5.60 Å². The van der Waals surface area contributed by atoms with E-state index in [9.17, 15) is 5.11 Å². The highest BCUT2D eigenvalue weighted by atomic mass is 16.3. The third-order valence-electron chi connectivity index (χ3n) is 3.86. The molecule has 0 aromatic heterocycles. The smallest absolute Gasteiger partial charge is 0.0922 e. The highest BCUT2D eigenvalue weighted by molar-refractivity contribution is 5.23. The minimum atomic E-state index is -0.590. The summed E-state index contributed by atoms with van der Waals surface area (Å²) in [5.41, 5.74) is 0.498. The molecule has 0 bridgehead atoms. The summed E-state index contributed by atoms with van der Waals surface area (Å²) in [4.78, 5) is 0. The highest BCUT2D eigenvalue weighted by Gasteiger charge is 2.39. The van der Waals surface area contributed by atoms with E-state index in [1.54, 1.807) is 0 Å². The lowest BCUT2D eigenvalue weighted by Crippen LogP contribution is -2.38. The molecule has 0 amide bonds. The van der Waals surface area contributed by atoms with Crippen molar-refractivity contribution in [3.8, 4) is 0 Å². The molecule has 0 heterocycles. The Balaban J connectivity index is 2.27. The number of hydrogen-bond donors (Lipinski definition) is 1. The lowest BCUT2D eigenvalue weighted by atomic mass is 9.69. The molecule has 1 aromatic carbocycles. The molecule has 0 radical (unpaired) electrons. The molecule has 1 N–H and O–H groups in total. The van der Waals surface area contributed by atoms with Crippen LogP contribution < -0.4 is 0 Å². The fraction of sp³-hybridized carbons (Fsp3) is 0.571. The first-order valence-electron chi connectivity index (χ1n) is 5.91. The lowest BCUT2D eigenvalue weighted by Gasteiger charge is -2.41. The Kier molecular flexibility index (Phi) is 2.83. The van der Waals surface area contributed by atoms with Crippen molar-refractivity contribution < 1.29 is 5.11 Å². The molecule has 1 heteroatoms. The van der Waals surface area contributed by atoms with E-state index in [-0.39, 0.29) is 0 Å². The number of rotatable bonds is 1. The van der Waals surface area contributed by atoms with E-state index < -0.39 is 5.60 Å². The molecule has 1 aliphatic rings. The summed E-state index contributed by atoms with van der Waals surface area (Å²) < 4.78 is 0. The Morgan fingerprint density at radius 1 is 1.20 bits per heavy atom. The first kappa shape index (κ1) is 10.7. The minimum absolute atomic E-state index is 0.364. The molecule has 0 aliphatic heterocycles. The van der Waals surface area contributed by atoms with Crippen LogP contribution in [0.1, 0.15) is 38.7 Å². The normalized spacial score (nSPS) is 36.5. The van der Waals surface area contributed by atoms with Crippen LogP contribution in [0.3, 0.4) is 0 Å². The Morgan fingerprint density at radius 3 is 2.47 bits per heavy atom. The largest absolute Gasteiger partial charge is 0.385 e. The van der Waals surface area contributed by atoms with Crippen LogP contribution in [0.5, 0.6) is 0 Å². The monoisotopic (exact) mass is 204 g/mol. The summed E-state index contributed by atoms with van der Waals surface area (Å²) in [6, 6.07) is 10.1. The van der Waals surface area contributed by atoms with Crippen LogP contribution in [0.15, 0.2) is 30.3 Å². The maximum Gasteiger partial charge on any atom is 0.0922 e. The van der Waals surface area contributed by atoms with Gasteiger partial charge in [-0.3, -0.25) is 0 Å². The minimum Gasteiger partial charge on any atom is -0.385 e. The molecule has 82 valence electrons. The summed E-state index contributed by atoms with van der Waals surface area (Å²) in [5.74, 6) is 1.12. The van der Waals surface area contributed by atoms with E-state index in [1.807, 2.05) is 30.3 Å². The Morgan fingerprint density at radius 2 is 1.87 bits per heavy atom. The summed E-state index contributed by atoms with van der Waals surface area (Å²) in [7, 11) is 0. The van der Waals surface area contributed by atoms with Crippen molar-refractivity contribution in [2.75, 3.05) is 0 Å². The van der Waals surface area contributed by atoms with E-state index in [0.29, 0.717) is 5.92 Å². The summed E-state index contributed by atoms with van der Waals surface area (Å²) in [6.45, 7) is 4.45. The topological polar surface area (TPSA) is 20.2 Å². The zero-order valence-electron chi connectivity index (χ0n) is 9.61. The van der Waals surface area contributed by atoms with Gasteiger partial charge in [0.1, 0.15) is 0 Å². The van der Waals surface area contributed by atoms with Crippen molar-refractivity contribution in [2.45, 2.75) is 38.7 Å². The van der Waals surface area contributed by atoms with Crippen LogP contribution in [-0.4, -0.2) is 5.11 Å². The van der Waals surface area contributed by atoms with Crippen LogP contribution in [0.4, 0.5) is 0 Å². The molecule has 0 unspecified atom stereocenters. The van der Waals surface area contributed by atoms with Gasteiger partial charge in [-0.25, -0.2) is 0 Å². The van der Waals surface area contributed by atoms with Crippen molar-refractivity contribution in [1.82, 2.24) is 0 Å². The molecule has 1 fully saturated rings. The average Bonchev–Trinajstić information content (AvgIpc) is 2.25. The summed E-state index contributed by atoms with van der Waals surface area (Å²) >= 11 is 0. The average molecular weight is 204 g/mol. The molecule has 2 rings (SSSR count). The van der Waals surface area contributed by atoms with Crippen molar-refractivity contribution in [2.24, 2.45) is 11.8 Å². The second kappa shape index (κ2) is 3.97. The van der Waals surface area contributed by atoms with Crippen molar-refractivity contribution in [3.63, 3.8) is 0 Å². The molecular weight excluding hydrogens is 184 g/mol. The third kappa shape index (κ3) is 1.93. The zero-order valence-corrected chi connectivity index (χ0v) is 9.61. The predicted molar refractivity (Wildman–Crippen MR) is 62.5 cm³/mol. The van der Waals surface area contributed by atoms with Crippen LogP contribution in [0, 0.1) is 11.8 Å². The zero-order chi connectivity index (χ0) is 10.9. The second-order valence-corrected chi connectivity index (χ2v) is 5.07. The van der Waals surface area contributed by atoms with Gasteiger partial charge in [-0.2, -0.15) is 0 Å². The second-order valence-electron chi connectivity index (χ2n) is 5.07. The van der Waals surface area contributed by atoms with Gasteiger partial charge in [-0.15, -0.1) is 0 Å². The molecule has 1 saturated carbocycles. The fourth-order valence-corrected chi connectivity index (χ4v) is 2.78. The van der Waals surface area contributed by atoms with E-state index in [0.717, 1.165) is 30.7 Å². The number of benzene rings is 1. The molecule has 3 atom stereocenters. The highest BCUT2D eigenvalue weighted by Crippen LogP contribution is 2.43. The molecular formula is C14H20O. The van der Waals surface area contributed by atoms with Gasteiger partial charge < -0.3 is 5.11 Å². The van der Waals surface area contributed by atoms with E-state index in [2.05, 4.69) is 13.8 Å². The van der Waals surface area contributed by atoms with Crippen LogP contribution in [0.25, 0.3) is 0 Å². The first-order valence-corrected chi connectivity index (χ1v) is 5.91. The van der Waals surface area contributed by atoms with Crippen LogP contribution >= 0.6 is 0 Å². The van der Waals surface area contributed by atoms with Gasteiger partial charge in [0, 0.05) is 0 Å². The SMILES string of the molecule is C[C@@H]1CC[C@](O)(c2ccccc2)[C@@H](C)C1. The van der Waals surface area contributed by atoms with Crippen molar-refractivity contribution >= 4 is 0 Å². The maximum atomic E-state index is 10.7. The third-order valence-corrected chi connectivity index (χ3v) is 3.86. The van der Waals surface area contributed by atoms with Crippen LogP contribution in [0.2, 0.25) is 0 Å². The Labute approximate surface area is 92.1 Å². The predicted octanol–water partition coefficient (Wildman–Crippen LogP) is 3.33. The molecule has 0 spiro atoms. The molecule has 1 aromatic rings. The van der Waals surface area contributed by atoms with Gasteiger partial charge in [-0.05, 0) is 36.7 Å². The standard InChI is InChI=1S/C14H20O/c1-11-8-9-14(15,12(2)10-11)13-6-4-3-5-7-13/h3-7,11-12,15H,8-10H2,1-2H3/t11-,12+,14-/m1/s1. The molecule has 0 saturated heterocycles. The molecule has 15 heavy (non-hydrogen) atoms. The Hall–Kier alpha value is -0.820. The van der Waals surface area contributed by atoms with E-state index in [4.69, 9.17) is 0 Å². The van der Waals surface area contributed by atoms with Gasteiger partial charge in [0.25, 0.3) is 0 Å². The Bertz CT molecular complexity index is 319. The maximum absolute atomic E-state index is 10.7. The van der Waals surface area contributed by atoms with Crippen molar-refractivity contribution in [3.05, 3.63) is 35.9 Å². The molecule has 1 aliphatic carbocycles. The summed E-state index contributed by atoms with van der Waals surface area (Å²) in [5, 5.41) is 10.7. The van der Waals surface area contributed by atoms with Gasteiger partial charge in [0.15, 0.2) is 0 Å². The van der Waals surface area contributed by atoms with Crippen LogP contribution in [-0.2, 0) is 5.60 Å². The fourth-order valence-electron chi connectivity index (χ4n) is 2.78. The first-order chi connectivity index (χ1) is 7.13. The van der Waals surface area contributed by atoms with Crippen molar-refractivity contribution in [1.29, 1.82) is 0 Å². The quantitative estimate of drug-likeness (QED) is 0.744. The lowest BCUT2D eigenvalue weighted by molar-refractivity contribution is -0.0587. The van der Waals surface area contributed by atoms with Gasteiger partial charge in [0.2, 0.25) is 0 Å². The number of hydrogen-bond acceptors (Lipinski definition) is 1. The van der Waals surface area contributed by atoms with Gasteiger partial charge in [-0.1, -0.05) is 44.2 Å².